The largest absolute Gasteiger partial charge is 0.463 e. The molecule has 0 N–H and O–H groups in total. The van der Waals surface area contributed by atoms with Gasteiger partial charge in [0.15, 0.2) is 0 Å². The van der Waals surface area contributed by atoms with Crippen LogP contribution in [0.25, 0.3) is 5.57 Å². The monoisotopic (exact) mass is 220 g/mol. The minimum atomic E-state index is -0.420. The molecule has 0 saturated carbocycles. The third-order valence-electron chi connectivity index (χ3n) is 2.98. The summed E-state index contributed by atoms with van der Waals surface area (Å²) in [7, 11) is 1.35. The van der Waals surface area contributed by atoms with E-state index < -0.39 is 5.97 Å². The van der Waals surface area contributed by atoms with E-state index in [9.17, 15) is 4.79 Å². The van der Waals surface area contributed by atoms with E-state index >= 15 is 0 Å². The summed E-state index contributed by atoms with van der Waals surface area (Å²) >= 11 is 0. The van der Waals surface area contributed by atoms with E-state index in [1.165, 1.54) is 19.1 Å². The molecule has 2 rings (SSSR count). The minimum Gasteiger partial charge on any atom is -0.463 e. The summed E-state index contributed by atoms with van der Waals surface area (Å²) < 4.78 is 10.1. The van der Waals surface area contributed by atoms with Crippen molar-refractivity contribution in [3.63, 3.8) is 0 Å². The number of carbonyl (C=O) groups is 1. The SMILES string of the molecule is COC(=O)c1ccc(C2=CCC(C)CC2)o1. The molecule has 1 aliphatic carbocycles. The van der Waals surface area contributed by atoms with Crippen molar-refractivity contribution in [2.45, 2.75) is 26.2 Å². The zero-order valence-corrected chi connectivity index (χ0v) is 9.66. The summed E-state index contributed by atoms with van der Waals surface area (Å²) in [5.41, 5.74) is 1.20. The lowest BCUT2D eigenvalue weighted by atomic mass is 9.90. The van der Waals surface area contributed by atoms with E-state index in [2.05, 4.69) is 17.7 Å². The molecule has 1 unspecified atom stereocenters. The van der Waals surface area contributed by atoms with Gasteiger partial charge in [-0.25, -0.2) is 4.79 Å². The Balaban J connectivity index is 2.16. The molecule has 0 aliphatic heterocycles. The average Bonchev–Trinajstić information content (AvgIpc) is 2.78. The molecule has 3 nitrogen and oxygen atoms in total. The lowest BCUT2D eigenvalue weighted by molar-refractivity contribution is 0.0564. The smallest absolute Gasteiger partial charge is 0.373 e. The number of esters is 1. The first kappa shape index (κ1) is 11.0. The second-order valence-corrected chi connectivity index (χ2v) is 4.26. The van der Waals surface area contributed by atoms with E-state index in [0.29, 0.717) is 0 Å². The second-order valence-electron chi connectivity index (χ2n) is 4.26. The van der Waals surface area contributed by atoms with Crippen molar-refractivity contribution < 1.29 is 13.9 Å². The van der Waals surface area contributed by atoms with Crippen molar-refractivity contribution in [3.8, 4) is 0 Å². The molecule has 0 radical (unpaired) electrons. The van der Waals surface area contributed by atoms with E-state index in [4.69, 9.17) is 4.42 Å². The van der Waals surface area contributed by atoms with Gasteiger partial charge in [0.1, 0.15) is 5.76 Å². The summed E-state index contributed by atoms with van der Waals surface area (Å²) in [5.74, 6) is 1.40. The molecule has 3 heteroatoms. The number of furan rings is 1. The van der Waals surface area contributed by atoms with Gasteiger partial charge < -0.3 is 9.15 Å². The van der Waals surface area contributed by atoms with Gasteiger partial charge in [-0.1, -0.05) is 13.0 Å². The number of hydrogen-bond donors (Lipinski definition) is 0. The Morgan fingerprint density at radius 2 is 2.31 bits per heavy atom. The maximum absolute atomic E-state index is 11.2. The molecule has 1 aromatic heterocycles. The van der Waals surface area contributed by atoms with Crippen LogP contribution in [-0.4, -0.2) is 13.1 Å². The first-order valence-electron chi connectivity index (χ1n) is 5.58. The molecule has 0 aromatic carbocycles. The number of methoxy groups -OCH3 is 1. The minimum absolute atomic E-state index is 0.275. The molecule has 1 heterocycles. The van der Waals surface area contributed by atoms with Crippen molar-refractivity contribution in [1.29, 1.82) is 0 Å². The van der Waals surface area contributed by atoms with Crippen LogP contribution in [0.2, 0.25) is 0 Å². The second kappa shape index (κ2) is 4.56. The molecule has 1 atom stereocenters. The quantitative estimate of drug-likeness (QED) is 0.718. The van der Waals surface area contributed by atoms with Gasteiger partial charge in [-0.15, -0.1) is 0 Å². The van der Waals surface area contributed by atoms with Crippen LogP contribution in [0.4, 0.5) is 0 Å². The molecule has 0 spiro atoms. The number of carbonyl (C=O) groups excluding carboxylic acids is 1. The van der Waals surface area contributed by atoms with Gasteiger partial charge in [-0.2, -0.15) is 0 Å². The Hall–Kier alpha value is -1.51. The van der Waals surface area contributed by atoms with Gasteiger partial charge in [0.25, 0.3) is 0 Å². The van der Waals surface area contributed by atoms with E-state index in [1.54, 1.807) is 6.07 Å². The number of rotatable bonds is 2. The van der Waals surface area contributed by atoms with E-state index in [1.807, 2.05) is 6.07 Å². The lowest BCUT2D eigenvalue weighted by Gasteiger charge is -2.16. The summed E-state index contributed by atoms with van der Waals surface area (Å²) in [6.07, 6.45) is 5.49. The molecule has 0 amide bonds. The normalized spacial score (nSPS) is 20.4. The first-order valence-corrected chi connectivity index (χ1v) is 5.58. The average molecular weight is 220 g/mol. The highest BCUT2D eigenvalue weighted by Gasteiger charge is 2.16. The highest BCUT2D eigenvalue weighted by Crippen LogP contribution is 2.30. The molecule has 86 valence electrons. The molecule has 1 aromatic rings. The van der Waals surface area contributed by atoms with Crippen molar-refractivity contribution in [3.05, 3.63) is 29.7 Å². The number of hydrogen-bond acceptors (Lipinski definition) is 3. The molecule has 1 aliphatic rings. The van der Waals surface area contributed by atoms with Gasteiger partial charge in [0.2, 0.25) is 5.76 Å². The predicted molar refractivity (Wildman–Crippen MR) is 61.0 cm³/mol. The van der Waals surface area contributed by atoms with E-state index in [-0.39, 0.29) is 5.76 Å². The summed E-state index contributed by atoms with van der Waals surface area (Å²) in [4.78, 5) is 11.2. The van der Waals surface area contributed by atoms with Gasteiger partial charge >= 0.3 is 5.97 Å². The number of allylic oxidation sites excluding steroid dienone is 2. The fraction of sp³-hybridized carbons (Fsp3) is 0.462. The fourth-order valence-electron chi connectivity index (χ4n) is 1.91. The van der Waals surface area contributed by atoms with Crippen molar-refractivity contribution in [2.24, 2.45) is 5.92 Å². The highest BCUT2D eigenvalue weighted by atomic mass is 16.5. The Kier molecular flexibility index (Phi) is 3.13. The zero-order chi connectivity index (χ0) is 11.5. The molecule has 16 heavy (non-hydrogen) atoms. The van der Waals surface area contributed by atoms with Crippen molar-refractivity contribution >= 4 is 11.5 Å². The van der Waals surface area contributed by atoms with Gasteiger partial charge in [-0.3, -0.25) is 0 Å². The zero-order valence-electron chi connectivity index (χ0n) is 9.66. The maximum Gasteiger partial charge on any atom is 0.373 e. The Morgan fingerprint density at radius 3 is 2.94 bits per heavy atom. The van der Waals surface area contributed by atoms with Gasteiger partial charge in [0.05, 0.1) is 7.11 Å². The molecular weight excluding hydrogens is 204 g/mol. The predicted octanol–water partition coefficient (Wildman–Crippen LogP) is 3.27. The summed E-state index contributed by atoms with van der Waals surface area (Å²) in [6, 6.07) is 3.51. The van der Waals surface area contributed by atoms with Crippen LogP contribution in [0.1, 0.15) is 42.5 Å². The van der Waals surface area contributed by atoms with Crippen LogP contribution in [0.5, 0.6) is 0 Å². The lowest BCUT2D eigenvalue weighted by Crippen LogP contribution is -2.01. The van der Waals surface area contributed by atoms with Crippen molar-refractivity contribution in [1.82, 2.24) is 0 Å². The third-order valence-corrected chi connectivity index (χ3v) is 2.98. The first-order chi connectivity index (χ1) is 7.70. The van der Waals surface area contributed by atoms with Crippen LogP contribution >= 0.6 is 0 Å². The van der Waals surface area contributed by atoms with Gasteiger partial charge in [-0.05, 0) is 42.9 Å². The Labute approximate surface area is 95.1 Å². The van der Waals surface area contributed by atoms with Crippen LogP contribution < -0.4 is 0 Å². The molecule has 0 fully saturated rings. The molecule has 0 bridgehead atoms. The highest BCUT2D eigenvalue weighted by molar-refractivity contribution is 5.86. The molecular formula is C13H16O3. The maximum atomic E-state index is 11.2. The van der Waals surface area contributed by atoms with Crippen LogP contribution in [-0.2, 0) is 4.74 Å². The Morgan fingerprint density at radius 1 is 1.50 bits per heavy atom. The van der Waals surface area contributed by atoms with Crippen LogP contribution in [0.15, 0.2) is 22.6 Å². The fourth-order valence-corrected chi connectivity index (χ4v) is 1.91. The van der Waals surface area contributed by atoms with Crippen molar-refractivity contribution in [2.75, 3.05) is 7.11 Å². The third kappa shape index (κ3) is 2.18. The Bertz CT molecular complexity index is 415. The number of ether oxygens (including phenoxy) is 1. The summed E-state index contributed by atoms with van der Waals surface area (Å²) in [6.45, 7) is 2.25. The van der Waals surface area contributed by atoms with Crippen LogP contribution in [0, 0.1) is 5.92 Å². The topological polar surface area (TPSA) is 39.4 Å². The van der Waals surface area contributed by atoms with Crippen LogP contribution in [0.3, 0.4) is 0 Å². The van der Waals surface area contributed by atoms with E-state index in [0.717, 1.165) is 24.5 Å². The standard InChI is InChI=1S/C13H16O3/c1-9-3-5-10(6-4-9)11-7-8-12(16-11)13(14)15-2/h5,7-9H,3-4,6H2,1-2H3. The van der Waals surface area contributed by atoms with Gasteiger partial charge in [0, 0.05) is 0 Å². The molecule has 0 saturated heterocycles. The summed E-state index contributed by atoms with van der Waals surface area (Å²) in [5, 5.41) is 0.